The smallest absolute Gasteiger partial charge is 0.311 e. The van der Waals surface area contributed by atoms with E-state index in [2.05, 4.69) is 19.2 Å². The van der Waals surface area contributed by atoms with E-state index in [1.165, 1.54) is 6.42 Å². The lowest BCUT2D eigenvalue weighted by Gasteiger charge is -2.44. The lowest BCUT2D eigenvalue weighted by Crippen LogP contribution is -2.55. The third-order valence-corrected chi connectivity index (χ3v) is 4.10. The summed E-state index contributed by atoms with van der Waals surface area (Å²) < 4.78 is 0. The van der Waals surface area contributed by atoms with Gasteiger partial charge in [0.05, 0.1) is 0 Å². The van der Waals surface area contributed by atoms with E-state index in [1.807, 2.05) is 4.90 Å². The lowest BCUT2D eigenvalue weighted by atomic mass is 9.72. The second-order valence-corrected chi connectivity index (χ2v) is 5.03. The molecule has 2 unspecified atom stereocenters. The molecule has 2 aliphatic rings. The SMILES string of the molecule is CCCN1C(=O)NC(=N)C12CCCCC2C. The summed E-state index contributed by atoms with van der Waals surface area (Å²) in [5.41, 5.74) is -0.314. The van der Waals surface area contributed by atoms with Crippen molar-refractivity contribution in [1.29, 1.82) is 5.41 Å². The van der Waals surface area contributed by atoms with Crippen LogP contribution in [0.4, 0.5) is 4.79 Å². The van der Waals surface area contributed by atoms with Crippen molar-refractivity contribution in [2.24, 2.45) is 5.92 Å². The minimum atomic E-state index is -0.314. The van der Waals surface area contributed by atoms with E-state index in [0.29, 0.717) is 11.8 Å². The van der Waals surface area contributed by atoms with Crippen molar-refractivity contribution in [2.75, 3.05) is 6.54 Å². The Morgan fingerprint density at radius 2 is 2.31 bits per heavy atom. The van der Waals surface area contributed by atoms with E-state index < -0.39 is 0 Å². The van der Waals surface area contributed by atoms with Gasteiger partial charge >= 0.3 is 6.03 Å². The number of carbonyl (C=O) groups is 1. The lowest BCUT2D eigenvalue weighted by molar-refractivity contribution is 0.105. The molecule has 2 rings (SSSR count). The molecule has 0 bridgehead atoms. The van der Waals surface area contributed by atoms with Crippen LogP contribution in [0.1, 0.15) is 46.0 Å². The molecule has 4 nitrogen and oxygen atoms in total. The fourth-order valence-corrected chi connectivity index (χ4v) is 3.23. The third kappa shape index (κ3) is 1.43. The Bertz CT molecular complexity index is 315. The number of nitrogens with zero attached hydrogens (tertiary/aromatic N) is 1. The minimum absolute atomic E-state index is 0.0689. The summed E-state index contributed by atoms with van der Waals surface area (Å²) in [5, 5.41) is 10.8. The molecule has 2 amide bonds. The van der Waals surface area contributed by atoms with Crippen molar-refractivity contribution < 1.29 is 4.79 Å². The van der Waals surface area contributed by atoms with Crippen molar-refractivity contribution in [3.63, 3.8) is 0 Å². The van der Waals surface area contributed by atoms with E-state index in [4.69, 9.17) is 5.41 Å². The topological polar surface area (TPSA) is 56.2 Å². The first-order chi connectivity index (χ1) is 7.63. The minimum Gasteiger partial charge on any atom is -0.311 e. The summed E-state index contributed by atoms with van der Waals surface area (Å²) in [5.74, 6) is 0.831. The molecule has 1 saturated heterocycles. The van der Waals surface area contributed by atoms with Crippen LogP contribution in [-0.4, -0.2) is 28.9 Å². The first kappa shape index (κ1) is 11.4. The molecule has 1 heterocycles. The fraction of sp³-hybridized carbons (Fsp3) is 0.833. The van der Waals surface area contributed by atoms with Gasteiger partial charge in [0.2, 0.25) is 0 Å². The standard InChI is InChI=1S/C12H21N3O/c1-3-8-15-11(16)14-10(13)12(15)7-5-4-6-9(12)2/h9H,3-8H2,1-2H3,(H2,13,14,16). The van der Waals surface area contributed by atoms with E-state index in [1.54, 1.807) is 0 Å². The fourth-order valence-electron chi connectivity index (χ4n) is 3.23. The zero-order chi connectivity index (χ0) is 11.8. The maximum atomic E-state index is 11.9. The zero-order valence-corrected chi connectivity index (χ0v) is 10.2. The Balaban J connectivity index is 2.33. The largest absolute Gasteiger partial charge is 0.323 e. The van der Waals surface area contributed by atoms with Crippen molar-refractivity contribution in [1.82, 2.24) is 10.2 Å². The van der Waals surface area contributed by atoms with Gasteiger partial charge in [0.15, 0.2) is 0 Å². The van der Waals surface area contributed by atoms with Crippen molar-refractivity contribution in [3.8, 4) is 0 Å². The van der Waals surface area contributed by atoms with E-state index >= 15 is 0 Å². The quantitative estimate of drug-likeness (QED) is 0.741. The van der Waals surface area contributed by atoms with Crippen LogP contribution in [0.3, 0.4) is 0 Å². The van der Waals surface area contributed by atoms with Crippen LogP contribution in [0.25, 0.3) is 0 Å². The second kappa shape index (κ2) is 4.07. The highest BCUT2D eigenvalue weighted by atomic mass is 16.2. The van der Waals surface area contributed by atoms with Gasteiger partial charge < -0.3 is 4.90 Å². The Morgan fingerprint density at radius 3 is 2.94 bits per heavy atom. The predicted molar refractivity (Wildman–Crippen MR) is 63.6 cm³/mol. The van der Waals surface area contributed by atoms with Gasteiger partial charge in [-0.15, -0.1) is 0 Å². The average Bonchev–Trinajstić information content (AvgIpc) is 2.48. The monoisotopic (exact) mass is 223 g/mol. The van der Waals surface area contributed by atoms with E-state index in [0.717, 1.165) is 32.2 Å². The van der Waals surface area contributed by atoms with Gasteiger partial charge in [-0.05, 0) is 25.2 Å². The second-order valence-electron chi connectivity index (χ2n) is 5.03. The molecular formula is C12H21N3O. The van der Waals surface area contributed by atoms with Gasteiger partial charge in [0.1, 0.15) is 11.4 Å². The van der Waals surface area contributed by atoms with E-state index in [9.17, 15) is 4.79 Å². The van der Waals surface area contributed by atoms with Gasteiger partial charge in [0.25, 0.3) is 0 Å². The molecule has 2 N–H and O–H groups in total. The van der Waals surface area contributed by atoms with Gasteiger partial charge in [0, 0.05) is 6.54 Å². The summed E-state index contributed by atoms with van der Waals surface area (Å²) in [6.45, 7) is 5.02. The zero-order valence-electron chi connectivity index (χ0n) is 10.2. The van der Waals surface area contributed by atoms with Crippen LogP contribution in [-0.2, 0) is 0 Å². The molecule has 0 radical (unpaired) electrons. The molecule has 1 spiro atoms. The normalized spacial score (nSPS) is 34.6. The van der Waals surface area contributed by atoms with Gasteiger partial charge in [-0.3, -0.25) is 10.7 Å². The number of rotatable bonds is 2. The Kier molecular flexibility index (Phi) is 2.91. The summed E-state index contributed by atoms with van der Waals surface area (Å²) >= 11 is 0. The highest BCUT2D eigenvalue weighted by Crippen LogP contribution is 2.41. The number of amidine groups is 1. The number of urea groups is 1. The molecule has 0 aromatic heterocycles. The average molecular weight is 223 g/mol. The van der Waals surface area contributed by atoms with Gasteiger partial charge in [-0.1, -0.05) is 26.7 Å². The van der Waals surface area contributed by atoms with Crippen LogP contribution in [0.2, 0.25) is 0 Å². The molecule has 16 heavy (non-hydrogen) atoms. The molecule has 90 valence electrons. The molecule has 0 aromatic rings. The maximum absolute atomic E-state index is 11.9. The van der Waals surface area contributed by atoms with Crippen LogP contribution in [0, 0.1) is 11.3 Å². The number of hydrogen-bond donors (Lipinski definition) is 2. The van der Waals surface area contributed by atoms with Crippen molar-refractivity contribution in [3.05, 3.63) is 0 Å². The molecule has 1 aliphatic heterocycles. The summed E-state index contributed by atoms with van der Waals surface area (Å²) in [7, 11) is 0. The van der Waals surface area contributed by atoms with Crippen LogP contribution in [0.5, 0.6) is 0 Å². The maximum Gasteiger partial charge on any atom is 0.323 e. The van der Waals surface area contributed by atoms with Gasteiger partial charge in [-0.2, -0.15) is 0 Å². The molecule has 2 fully saturated rings. The van der Waals surface area contributed by atoms with Crippen molar-refractivity contribution in [2.45, 2.75) is 51.5 Å². The van der Waals surface area contributed by atoms with Crippen molar-refractivity contribution >= 4 is 11.9 Å². The first-order valence-electron chi connectivity index (χ1n) is 6.30. The molecule has 0 aromatic carbocycles. The highest BCUT2D eigenvalue weighted by Gasteiger charge is 2.53. The molecule has 2 atom stereocenters. The highest BCUT2D eigenvalue weighted by molar-refractivity contribution is 6.08. The Morgan fingerprint density at radius 1 is 1.56 bits per heavy atom. The molecule has 1 saturated carbocycles. The summed E-state index contributed by atoms with van der Waals surface area (Å²) in [6.07, 6.45) is 5.38. The third-order valence-electron chi connectivity index (χ3n) is 4.10. The first-order valence-corrected chi connectivity index (χ1v) is 6.30. The number of hydrogen-bond acceptors (Lipinski definition) is 2. The van der Waals surface area contributed by atoms with Crippen LogP contribution >= 0.6 is 0 Å². The Hall–Kier alpha value is -1.06. The Labute approximate surface area is 96.9 Å². The molecule has 4 heteroatoms. The van der Waals surface area contributed by atoms with E-state index in [-0.39, 0.29) is 11.6 Å². The van der Waals surface area contributed by atoms with Crippen LogP contribution < -0.4 is 5.32 Å². The molecular weight excluding hydrogens is 202 g/mol. The predicted octanol–water partition coefficient (Wildman–Crippen LogP) is 2.35. The summed E-state index contributed by atoms with van der Waals surface area (Å²) in [4.78, 5) is 13.8. The van der Waals surface area contributed by atoms with Crippen LogP contribution in [0.15, 0.2) is 0 Å². The number of amides is 2. The molecule has 1 aliphatic carbocycles. The van der Waals surface area contributed by atoms with Gasteiger partial charge in [-0.25, -0.2) is 4.79 Å². The number of carbonyl (C=O) groups excluding carboxylic acids is 1. The number of nitrogens with one attached hydrogen (secondary N) is 2. The summed E-state index contributed by atoms with van der Waals surface area (Å²) in [6, 6.07) is -0.0689.